The van der Waals surface area contributed by atoms with Crippen LogP contribution in [0, 0.1) is 5.92 Å². The normalized spacial score (nSPS) is 27.3. The van der Waals surface area contributed by atoms with E-state index < -0.39 is 6.04 Å². The van der Waals surface area contributed by atoms with Gasteiger partial charge in [-0.15, -0.1) is 0 Å². The number of nitrogens with zero attached hydrogens (tertiary/aromatic N) is 3. The van der Waals surface area contributed by atoms with Crippen LogP contribution in [0.2, 0.25) is 0 Å². The lowest BCUT2D eigenvalue weighted by molar-refractivity contribution is -0.140. The standard InChI is InChI=1S/C26H26N4O3/c1-15(31)25-18-9-5-6-10-21(18)29(28-25)14-24(32)30-22-11-17(22)12-23(30)26(33)27-20-13-19(20)16-7-3-2-4-8-16/h2-10,17,19-20,22-23H,11-14H2,1H3,(H,27,33)/t17-,19-,20+,22-,23+/m1/s1. The van der Waals surface area contributed by atoms with Gasteiger partial charge in [0.25, 0.3) is 0 Å². The van der Waals surface area contributed by atoms with Crippen LogP contribution in [-0.4, -0.2) is 50.4 Å². The number of piperidine rings is 1. The molecule has 2 aromatic carbocycles. The lowest BCUT2D eigenvalue weighted by Crippen LogP contribution is -2.49. The Hall–Kier alpha value is -3.48. The molecule has 5 atom stereocenters. The quantitative estimate of drug-likeness (QED) is 0.595. The van der Waals surface area contributed by atoms with Crippen molar-refractivity contribution in [1.29, 1.82) is 0 Å². The molecule has 2 amide bonds. The number of para-hydroxylation sites is 1. The molecule has 2 aliphatic carbocycles. The van der Waals surface area contributed by atoms with Crippen LogP contribution < -0.4 is 5.32 Å². The zero-order valence-corrected chi connectivity index (χ0v) is 18.5. The summed E-state index contributed by atoms with van der Waals surface area (Å²) in [6.45, 7) is 1.51. The smallest absolute Gasteiger partial charge is 0.245 e. The highest BCUT2D eigenvalue weighted by Gasteiger charge is 2.56. The van der Waals surface area contributed by atoms with Gasteiger partial charge in [-0.3, -0.25) is 19.1 Å². The SMILES string of the molecule is CC(=O)c1nn(CC(=O)N2[C@@H]3C[C@@H]3C[C@H]2C(=O)N[C@H]2C[C@@H]2c2ccccc2)c2ccccc12. The number of nitrogens with one attached hydrogen (secondary N) is 1. The molecule has 1 aliphatic heterocycles. The van der Waals surface area contributed by atoms with Crippen LogP contribution in [0.3, 0.4) is 0 Å². The molecular weight excluding hydrogens is 416 g/mol. The van der Waals surface area contributed by atoms with Gasteiger partial charge >= 0.3 is 0 Å². The number of Topliss-reactive ketones (excluding diaryl/α,β-unsaturated/α-hetero) is 1. The zero-order chi connectivity index (χ0) is 22.7. The minimum atomic E-state index is -0.424. The molecule has 2 saturated carbocycles. The number of hydrogen-bond donors (Lipinski definition) is 1. The van der Waals surface area contributed by atoms with Crippen LogP contribution in [0.4, 0.5) is 0 Å². The van der Waals surface area contributed by atoms with Gasteiger partial charge in [-0.1, -0.05) is 48.5 Å². The molecule has 2 heterocycles. The van der Waals surface area contributed by atoms with Crippen molar-refractivity contribution in [2.75, 3.05) is 0 Å². The second-order valence-corrected chi connectivity index (χ2v) is 9.56. The number of fused-ring (bicyclic) bond motifs is 2. The second-order valence-electron chi connectivity index (χ2n) is 9.56. The maximum absolute atomic E-state index is 13.4. The molecule has 0 spiro atoms. The first-order valence-corrected chi connectivity index (χ1v) is 11.6. The van der Waals surface area contributed by atoms with Gasteiger partial charge in [-0.2, -0.15) is 5.10 Å². The van der Waals surface area contributed by atoms with Gasteiger partial charge in [0.1, 0.15) is 18.3 Å². The number of likely N-dealkylation sites (tertiary alicyclic amines) is 1. The number of benzene rings is 2. The lowest BCUT2D eigenvalue weighted by atomic mass is 10.1. The van der Waals surface area contributed by atoms with Crippen LogP contribution in [0.1, 0.15) is 48.2 Å². The topological polar surface area (TPSA) is 84.3 Å². The molecule has 3 fully saturated rings. The molecule has 1 aromatic heterocycles. The van der Waals surface area contributed by atoms with Gasteiger partial charge in [-0.25, -0.2) is 0 Å². The van der Waals surface area contributed by atoms with Gasteiger partial charge in [-0.05, 0) is 36.8 Å². The number of ketones is 1. The van der Waals surface area contributed by atoms with E-state index in [0.29, 0.717) is 17.5 Å². The van der Waals surface area contributed by atoms with E-state index in [2.05, 4.69) is 22.5 Å². The molecule has 7 heteroatoms. The van der Waals surface area contributed by atoms with Gasteiger partial charge in [0.2, 0.25) is 11.8 Å². The van der Waals surface area contributed by atoms with E-state index in [-0.39, 0.29) is 36.2 Å². The van der Waals surface area contributed by atoms with E-state index in [9.17, 15) is 14.4 Å². The predicted octanol–water partition coefficient (Wildman–Crippen LogP) is 2.90. The summed E-state index contributed by atoms with van der Waals surface area (Å²) in [5.41, 5.74) is 2.38. The lowest BCUT2D eigenvalue weighted by Gasteiger charge is -2.27. The van der Waals surface area contributed by atoms with E-state index in [4.69, 9.17) is 0 Å². The van der Waals surface area contributed by atoms with Crippen molar-refractivity contribution >= 4 is 28.5 Å². The molecule has 3 aromatic rings. The number of aromatic nitrogens is 2. The molecule has 7 nitrogen and oxygen atoms in total. The number of amides is 2. The maximum atomic E-state index is 13.4. The summed E-state index contributed by atoms with van der Waals surface area (Å²) in [6, 6.07) is 17.5. The Balaban J connectivity index is 1.18. The highest BCUT2D eigenvalue weighted by atomic mass is 16.2. The molecule has 3 aliphatic rings. The fraction of sp³-hybridized carbons (Fsp3) is 0.385. The third-order valence-electron chi connectivity index (χ3n) is 7.32. The number of rotatable bonds is 6. The fourth-order valence-corrected chi connectivity index (χ4v) is 5.47. The molecule has 33 heavy (non-hydrogen) atoms. The molecule has 1 saturated heterocycles. The van der Waals surface area contributed by atoms with Crippen LogP contribution in [0.5, 0.6) is 0 Å². The van der Waals surface area contributed by atoms with E-state index in [1.165, 1.54) is 12.5 Å². The third kappa shape index (κ3) is 3.52. The number of hydrogen-bond acceptors (Lipinski definition) is 4. The number of carbonyl (C=O) groups excluding carboxylic acids is 3. The molecule has 0 radical (unpaired) electrons. The first-order valence-electron chi connectivity index (χ1n) is 11.6. The molecule has 6 rings (SSSR count). The van der Waals surface area contributed by atoms with Crippen LogP contribution in [-0.2, 0) is 16.1 Å². The highest BCUT2D eigenvalue weighted by Crippen LogP contribution is 2.48. The summed E-state index contributed by atoms with van der Waals surface area (Å²) in [6.07, 6.45) is 2.63. The van der Waals surface area contributed by atoms with E-state index in [1.807, 2.05) is 42.5 Å². The van der Waals surface area contributed by atoms with Gasteiger partial charge in [0.15, 0.2) is 5.78 Å². The van der Waals surface area contributed by atoms with Gasteiger partial charge < -0.3 is 10.2 Å². The first-order chi connectivity index (χ1) is 16.0. The average molecular weight is 443 g/mol. The Kier molecular flexibility index (Phi) is 4.60. The molecule has 168 valence electrons. The Morgan fingerprint density at radius 3 is 2.55 bits per heavy atom. The number of carbonyl (C=O) groups is 3. The second kappa shape index (κ2) is 7.54. The average Bonchev–Trinajstić information content (AvgIpc) is 3.70. The van der Waals surface area contributed by atoms with Crippen molar-refractivity contribution in [1.82, 2.24) is 20.0 Å². The fourth-order valence-electron chi connectivity index (χ4n) is 5.47. The minimum Gasteiger partial charge on any atom is -0.351 e. The first kappa shape index (κ1) is 20.1. The molecule has 0 bridgehead atoms. The largest absolute Gasteiger partial charge is 0.351 e. The predicted molar refractivity (Wildman–Crippen MR) is 123 cm³/mol. The molecular formula is C26H26N4O3. The summed E-state index contributed by atoms with van der Waals surface area (Å²) < 4.78 is 1.60. The Morgan fingerprint density at radius 1 is 1.00 bits per heavy atom. The Labute approximate surface area is 191 Å². The monoisotopic (exact) mass is 442 g/mol. The van der Waals surface area contributed by atoms with Crippen LogP contribution in [0.15, 0.2) is 54.6 Å². The maximum Gasteiger partial charge on any atom is 0.245 e. The van der Waals surface area contributed by atoms with Crippen molar-refractivity contribution in [3.63, 3.8) is 0 Å². The Morgan fingerprint density at radius 2 is 1.76 bits per heavy atom. The van der Waals surface area contributed by atoms with E-state index in [0.717, 1.165) is 30.2 Å². The van der Waals surface area contributed by atoms with Crippen LogP contribution >= 0.6 is 0 Å². The van der Waals surface area contributed by atoms with E-state index >= 15 is 0 Å². The van der Waals surface area contributed by atoms with Crippen molar-refractivity contribution in [3.8, 4) is 0 Å². The summed E-state index contributed by atoms with van der Waals surface area (Å²) in [5.74, 6) is 0.481. The summed E-state index contributed by atoms with van der Waals surface area (Å²) in [7, 11) is 0. The van der Waals surface area contributed by atoms with Crippen molar-refractivity contribution in [3.05, 3.63) is 65.9 Å². The highest BCUT2D eigenvalue weighted by molar-refractivity contribution is 6.05. The molecule has 1 N–H and O–H groups in total. The van der Waals surface area contributed by atoms with Crippen molar-refractivity contribution in [2.24, 2.45) is 5.92 Å². The summed E-state index contributed by atoms with van der Waals surface area (Å²) in [4.78, 5) is 40.3. The summed E-state index contributed by atoms with van der Waals surface area (Å²) in [5, 5.41) is 8.36. The van der Waals surface area contributed by atoms with Gasteiger partial charge in [0.05, 0.1) is 5.52 Å². The zero-order valence-electron chi connectivity index (χ0n) is 18.5. The summed E-state index contributed by atoms with van der Waals surface area (Å²) >= 11 is 0. The Bertz CT molecular complexity index is 1270. The van der Waals surface area contributed by atoms with E-state index in [1.54, 1.807) is 9.58 Å². The van der Waals surface area contributed by atoms with Gasteiger partial charge in [0, 0.05) is 30.3 Å². The molecule has 0 unspecified atom stereocenters. The minimum absolute atomic E-state index is 0.0247. The third-order valence-corrected chi connectivity index (χ3v) is 7.32. The van der Waals surface area contributed by atoms with Crippen molar-refractivity contribution < 1.29 is 14.4 Å². The van der Waals surface area contributed by atoms with Crippen LogP contribution in [0.25, 0.3) is 10.9 Å². The van der Waals surface area contributed by atoms with Crippen molar-refractivity contribution in [2.45, 2.75) is 56.8 Å².